The molecule has 0 aliphatic carbocycles. The fourth-order valence-corrected chi connectivity index (χ4v) is 1.45. The van der Waals surface area contributed by atoms with Crippen LogP contribution < -0.4 is 11.2 Å². The fraction of sp³-hybridized carbons (Fsp3) is 0.273. The predicted molar refractivity (Wildman–Crippen MR) is 76.4 cm³/mol. The van der Waals surface area contributed by atoms with Crippen molar-refractivity contribution in [2.24, 2.45) is 10.8 Å². The Kier molecular flexibility index (Phi) is 4.76. The van der Waals surface area contributed by atoms with E-state index in [2.05, 4.69) is 22.7 Å². The van der Waals surface area contributed by atoms with E-state index in [1.54, 1.807) is 6.07 Å². The minimum absolute atomic E-state index is 0.0368. The number of nitrogens with two attached hydrogens (primary N) is 1. The molecule has 7 nitrogen and oxygen atoms in total. The van der Waals surface area contributed by atoms with Crippen molar-refractivity contribution in [1.29, 1.82) is 0 Å². The number of aromatic hydroxyl groups is 1. The molecule has 1 aromatic rings. The van der Waals surface area contributed by atoms with Crippen LogP contribution in [0.25, 0.3) is 0 Å². The van der Waals surface area contributed by atoms with E-state index < -0.39 is 10.7 Å². The molecule has 0 saturated heterocycles. The molecule has 0 saturated carbocycles. The Morgan fingerprint density at radius 3 is 2.74 bits per heavy atom. The monoisotopic (exact) mass is 282 g/mol. The molecule has 0 heterocycles. The van der Waals surface area contributed by atoms with Gasteiger partial charge >= 0.3 is 5.69 Å². The van der Waals surface area contributed by atoms with Gasteiger partial charge in [0.05, 0.1) is 11.1 Å². The molecule has 0 unspecified atom stereocenters. The van der Waals surface area contributed by atoms with Gasteiger partial charge in [-0.1, -0.05) is 13.8 Å². The molecule has 0 fully saturated rings. The molecule has 0 radical (unpaired) electrons. The molecule has 0 atom stereocenters. The van der Waals surface area contributed by atoms with E-state index >= 15 is 0 Å². The average Bonchev–Trinajstić information content (AvgIpc) is 2.30. The topological polar surface area (TPSA) is 114 Å². The number of phenols is 1. The summed E-state index contributed by atoms with van der Waals surface area (Å²) in [5.74, 6) is -0.363. The Balaban J connectivity index is 3.25. The van der Waals surface area contributed by atoms with E-state index in [1.807, 2.05) is 13.8 Å². The van der Waals surface area contributed by atoms with Crippen molar-refractivity contribution < 1.29 is 10.0 Å². The molecule has 1 rings (SSSR count). The van der Waals surface area contributed by atoms with Crippen LogP contribution in [0.15, 0.2) is 17.2 Å². The summed E-state index contributed by atoms with van der Waals surface area (Å²) in [6.45, 7) is 3.79. The van der Waals surface area contributed by atoms with E-state index in [4.69, 9.17) is 5.73 Å². The summed E-state index contributed by atoms with van der Waals surface area (Å²) in [6, 6.07) is 2.97. The van der Waals surface area contributed by atoms with E-state index in [0.29, 0.717) is 0 Å². The largest absolute Gasteiger partial charge is 0.502 e. The second-order valence-electron chi connectivity index (χ2n) is 4.12. The number of hydrogen-bond acceptors (Lipinski definition) is 5. The molecule has 8 heteroatoms. The van der Waals surface area contributed by atoms with Gasteiger partial charge in [0.15, 0.2) is 5.11 Å². The van der Waals surface area contributed by atoms with Gasteiger partial charge in [-0.3, -0.25) is 15.5 Å². The van der Waals surface area contributed by atoms with Crippen LogP contribution in [0, 0.1) is 10.1 Å². The van der Waals surface area contributed by atoms with Crippen molar-refractivity contribution in [3.05, 3.63) is 33.4 Å². The van der Waals surface area contributed by atoms with Crippen molar-refractivity contribution in [2.45, 2.75) is 19.8 Å². The van der Waals surface area contributed by atoms with Gasteiger partial charge in [0, 0.05) is 11.6 Å². The average molecular weight is 282 g/mol. The van der Waals surface area contributed by atoms with Gasteiger partial charge in [-0.05, 0) is 29.8 Å². The van der Waals surface area contributed by atoms with Gasteiger partial charge < -0.3 is 10.8 Å². The Hall–Kier alpha value is -2.22. The first-order valence-corrected chi connectivity index (χ1v) is 5.83. The summed E-state index contributed by atoms with van der Waals surface area (Å²) in [5, 5.41) is 24.3. The predicted octanol–water partition coefficient (Wildman–Crippen LogP) is 1.59. The van der Waals surface area contributed by atoms with E-state index in [0.717, 1.165) is 5.56 Å². The first-order chi connectivity index (χ1) is 8.82. The van der Waals surface area contributed by atoms with Crippen LogP contribution in [-0.4, -0.2) is 21.4 Å². The third-order valence-electron chi connectivity index (χ3n) is 2.38. The number of nitro benzene ring substituents is 1. The van der Waals surface area contributed by atoms with Gasteiger partial charge in [0.25, 0.3) is 0 Å². The number of rotatable bonds is 4. The molecular formula is C11H14N4O3S. The SMILES string of the molecule is CC(C)c1cc(C=NNC(N)=S)c(O)c([N+](=O)[O-])c1. The van der Waals surface area contributed by atoms with Crippen molar-refractivity contribution in [3.8, 4) is 5.75 Å². The molecule has 0 aromatic heterocycles. The lowest BCUT2D eigenvalue weighted by Gasteiger charge is -2.08. The number of nitrogens with zero attached hydrogens (tertiary/aromatic N) is 2. The van der Waals surface area contributed by atoms with Crippen LogP contribution in [-0.2, 0) is 0 Å². The van der Waals surface area contributed by atoms with Gasteiger partial charge in [-0.2, -0.15) is 5.10 Å². The first kappa shape index (κ1) is 14.8. The number of nitrogens with one attached hydrogen (secondary N) is 1. The molecular weight excluding hydrogens is 268 g/mol. The number of hydrazone groups is 1. The van der Waals surface area contributed by atoms with Crippen LogP contribution in [0.2, 0.25) is 0 Å². The van der Waals surface area contributed by atoms with Crippen LogP contribution in [0.3, 0.4) is 0 Å². The minimum atomic E-state index is -0.639. The van der Waals surface area contributed by atoms with Crippen LogP contribution in [0.4, 0.5) is 5.69 Å². The lowest BCUT2D eigenvalue weighted by Crippen LogP contribution is -2.24. The molecule has 4 N–H and O–H groups in total. The molecule has 0 bridgehead atoms. The lowest BCUT2D eigenvalue weighted by atomic mass is 9.99. The van der Waals surface area contributed by atoms with Crippen molar-refractivity contribution >= 4 is 29.2 Å². The number of benzene rings is 1. The second kappa shape index (κ2) is 6.10. The van der Waals surface area contributed by atoms with Crippen LogP contribution in [0.5, 0.6) is 5.75 Å². The number of phenolic OH excluding ortho intramolecular Hbond substituents is 1. The molecule has 0 amide bonds. The van der Waals surface area contributed by atoms with Gasteiger partial charge in [-0.15, -0.1) is 0 Å². The Bertz CT molecular complexity index is 543. The highest BCUT2D eigenvalue weighted by molar-refractivity contribution is 7.80. The zero-order valence-electron chi connectivity index (χ0n) is 10.5. The van der Waals surface area contributed by atoms with Crippen LogP contribution >= 0.6 is 12.2 Å². The summed E-state index contributed by atoms with van der Waals surface area (Å²) < 4.78 is 0. The summed E-state index contributed by atoms with van der Waals surface area (Å²) in [7, 11) is 0. The number of hydrogen-bond donors (Lipinski definition) is 3. The first-order valence-electron chi connectivity index (χ1n) is 5.42. The highest BCUT2D eigenvalue weighted by atomic mass is 32.1. The molecule has 19 heavy (non-hydrogen) atoms. The van der Waals surface area contributed by atoms with Crippen molar-refractivity contribution in [1.82, 2.24) is 5.43 Å². The second-order valence-corrected chi connectivity index (χ2v) is 4.56. The van der Waals surface area contributed by atoms with Gasteiger partial charge in [0.2, 0.25) is 5.75 Å². The smallest absolute Gasteiger partial charge is 0.311 e. The quantitative estimate of drug-likeness (QED) is 0.334. The number of nitro groups is 1. The molecule has 0 aliphatic heterocycles. The van der Waals surface area contributed by atoms with E-state index in [9.17, 15) is 15.2 Å². The third kappa shape index (κ3) is 3.88. The van der Waals surface area contributed by atoms with E-state index in [1.165, 1.54) is 12.3 Å². The standard InChI is InChI=1S/C11H14N4O3S/c1-6(2)7-3-8(5-13-14-11(12)19)10(16)9(4-7)15(17)18/h3-6,16H,1-2H3,(H3,12,14,19). The Morgan fingerprint density at radius 2 is 2.26 bits per heavy atom. The van der Waals surface area contributed by atoms with Crippen molar-refractivity contribution in [2.75, 3.05) is 0 Å². The highest BCUT2D eigenvalue weighted by Gasteiger charge is 2.19. The maximum absolute atomic E-state index is 10.9. The van der Waals surface area contributed by atoms with Gasteiger partial charge in [0.1, 0.15) is 0 Å². The highest BCUT2D eigenvalue weighted by Crippen LogP contribution is 2.32. The fourth-order valence-electron chi connectivity index (χ4n) is 1.40. The lowest BCUT2D eigenvalue weighted by molar-refractivity contribution is -0.385. The zero-order chi connectivity index (χ0) is 14.6. The zero-order valence-corrected chi connectivity index (χ0v) is 11.3. The third-order valence-corrected chi connectivity index (χ3v) is 2.47. The Morgan fingerprint density at radius 1 is 1.63 bits per heavy atom. The van der Waals surface area contributed by atoms with E-state index in [-0.39, 0.29) is 22.3 Å². The summed E-state index contributed by atoms with van der Waals surface area (Å²) in [5.41, 5.74) is 8.09. The van der Waals surface area contributed by atoms with Crippen molar-refractivity contribution in [3.63, 3.8) is 0 Å². The summed E-state index contributed by atoms with van der Waals surface area (Å²) >= 11 is 4.56. The van der Waals surface area contributed by atoms with Gasteiger partial charge in [-0.25, -0.2) is 0 Å². The summed E-state index contributed by atoms with van der Waals surface area (Å²) in [4.78, 5) is 10.2. The summed E-state index contributed by atoms with van der Waals surface area (Å²) in [6.07, 6.45) is 1.23. The number of thiocarbonyl (C=S) groups is 1. The van der Waals surface area contributed by atoms with Crippen LogP contribution in [0.1, 0.15) is 30.9 Å². The minimum Gasteiger partial charge on any atom is -0.502 e. The molecule has 102 valence electrons. The molecule has 1 aromatic carbocycles. The molecule has 0 spiro atoms. The normalized spacial score (nSPS) is 10.9. The maximum Gasteiger partial charge on any atom is 0.311 e. The maximum atomic E-state index is 10.9. The molecule has 0 aliphatic rings. The Labute approximate surface area is 115 Å².